The van der Waals surface area contributed by atoms with Gasteiger partial charge in [-0.25, -0.2) is 9.18 Å². The lowest BCUT2D eigenvalue weighted by molar-refractivity contribution is 0.0515. The number of carbonyl (C=O) groups excluding carboxylic acids is 1. The quantitative estimate of drug-likeness (QED) is 0.409. The van der Waals surface area contributed by atoms with Gasteiger partial charge >= 0.3 is 5.97 Å². The number of H-pyrrole nitrogens is 1. The Morgan fingerprint density at radius 2 is 1.85 bits per heavy atom. The van der Waals surface area contributed by atoms with E-state index in [2.05, 4.69) is 17.0 Å². The van der Waals surface area contributed by atoms with Crippen LogP contribution in [-0.4, -0.2) is 27.3 Å². The molecule has 2 rings (SSSR count). The maximum Gasteiger partial charge on any atom is 0.357 e. The summed E-state index contributed by atoms with van der Waals surface area (Å²) < 4.78 is 20.6. The average Bonchev–Trinajstić information content (AvgIpc) is 3.24. The molecule has 1 N–H and O–H groups in total. The van der Waals surface area contributed by atoms with E-state index < -0.39 is 11.8 Å². The molecule has 0 saturated carbocycles. The zero-order valence-corrected chi connectivity index (χ0v) is 15.9. The van der Waals surface area contributed by atoms with Crippen LogP contribution in [0.25, 0.3) is 11.3 Å². The molecule has 0 aromatic carbocycles. The second-order valence-electron chi connectivity index (χ2n) is 6.59. The fourth-order valence-electron chi connectivity index (χ4n) is 2.97. The van der Waals surface area contributed by atoms with Crippen molar-refractivity contribution in [1.82, 2.24) is 14.8 Å². The molecular formula is C20H30FN3O2. The van der Waals surface area contributed by atoms with Crippen LogP contribution in [0.3, 0.4) is 0 Å². The first-order chi connectivity index (χ1) is 12.7. The van der Waals surface area contributed by atoms with Gasteiger partial charge in [0.2, 0.25) is 0 Å². The van der Waals surface area contributed by atoms with Crippen LogP contribution in [0.15, 0.2) is 18.5 Å². The molecular weight excluding hydrogens is 333 g/mol. The molecule has 0 unspecified atom stereocenters. The molecule has 2 heterocycles. The number of aryl methyl sites for hydroxylation is 1. The fourth-order valence-corrected chi connectivity index (χ4v) is 2.97. The van der Waals surface area contributed by atoms with Crippen LogP contribution in [0, 0.1) is 5.82 Å². The van der Waals surface area contributed by atoms with Crippen LogP contribution in [0.5, 0.6) is 0 Å². The molecule has 144 valence electrons. The number of ether oxygens (including phenoxy) is 1. The molecule has 0 amide bonds. The van der Waals surface area contributed by atoms with E-state index in [1.165, 1.54) is 51.0 Å². The molecule has 0 aliphatic rings. The monoisotopic (exact) mass is 363 g/mol. The van der Waals surface area contributed by atoms with Crippen LogP contribution in [0.1, 0.15) is 75.7 Å². The van der Waals surface area contributed by atoms with Gasteiger partial charge in [0.05, 0.1) is 18.5 Å². The molecule has 0 aliphatic heterocycles. The predicted octanol–water partition coefficient (Wildman–Crippen LogP) is 5.33. The van der Waals surface area contributed by atoms with E-state index in [0.29, 0.717) is 5.69 Å². The van der Waals surface area contributed by atoms with Crippen molar-refractivity contribution in [1.29, 1.82) is 0 Å². The number of nitrogens with zero attached hydrogens (tertiary/aromatic N) is 2. The largest absolute Gasteiger partial charge is 0.461 e. The number of aromatic amines is 1. The SMILES string of the molecule is CCCCCCCCCCn1cc(-c2cc(F)c(C(=O)OCC)[nH]2)cn1. The molecule has 2 aromatic heterocycles. The first-order valence-corrected chi connectivity index (χ1v) is 9.74. The molecule has 5 nitrogen and oxygen atoms in total. The Balaban J connectivity index is 1.79. The molecule has 0 fully saturated rings. The number of unbranched alkanes of at least 4 members (excludes halogenated alkanes) is 7. The van der Waals surface area contributed by atoms with Crippen molar-refractivity contribution >= 4 is 5.97 Å². The second-order valence-corrected chi connectivity index (χ2v) is 6.59. The smallest absolute Gasteiger partial charge is 0.357 e. The van der Waals surface area contributed by atoms with E-state index >= 15 is 0 Å². The molecule has 0 aliphatic carbocycles. The number of hydrogen-bond acceptors (Lipinski definition) is 3. The van der Waals surface area contributed by atoms with Gasteiger partial charge in [-0.1, -0.05) is 51.9 Å². The highest BCUT2D eigenvalue weighted by molar-refractivity contribution is 5.89. The van der Waals surface area contributed by atoms with Crippen LogP contribution >= 0.6 is 0 Å². The molecule has 6 heteroatoms. The Labute approximate surface area is 154 Å². The Morgan fingerprint density at radius 1 is 1.15 bits per heavy atom. The summed E-state index contributed by atoms with van der Waals surface area (Å²) in [7, 11) is 0. The van der Waals surface area contributed by atoms with E-state index in [9.17, 15) is 9.18 Å². The van der Waals surface area contributed by atoms with Gasteiger partial charge in [-0.2, -0.15) is 5.10 Å². The van der Waals surface area contributed by atoms with Gasteiger partial charge < -0.3 is 9.72 Å². The van der Waals surface area contributed by atoms with Gasteiger partial charge in [0, 0.05) is 24.4 Å². The van der Waals surface area contributed by atoms with Gasteiger partial charge in [-0.05, 0) is 13.3 Å². The minimum atomic E-state index is -0.678. The van der Waals surface area contributed by atoms with Crippen LogP contribution in [-0.2, 0) is 11.3 Å². The summed E-state index contributed by atoms with van der Waals surface area (Å²) >= 11 is 0. The molecule has 0 spiro atoms. The molecule has 0 atom stereocenters. The number of esters is 1. The van der Waals surface area contributed by atoms with E-state index in [1.54, 1.807) is 13.1 Å². The second kappa shape index (κ2) is 10.8. The fraction of sp³-hybridized carbons (Fsp3) is 0.600. The third kappa shape index (κ3) is 6.00. The van der Waals surface area contributed by atoms with E-state index in [0.717, 1.165) is 18.5 Å². The molecule has 0 radical (unpaired) electrons. The number of carbonyl (C=O) groups is 1. The van der Waals surface area contributed by atoms with Gasteiger partial charge in [0.1, 0.15) is 0 Å². The lowest BCUT2D eigenvalue weighted by Gasteiger charge is -2.02. The van der Waals surface area contributed by atoms with Crippen molar-refractivity contribution in [3.05, 3.63) is 30.0 Å². The highest BCUT2D eigenvalue weighted by atomic mass is 19.1. The van der Waals surface area contributed by atoms with Crippen LogP contribution in [0.2, 0.25) is 0 Å². The zero-order valence-electron chi connectivity index (χ0n) is 15.9. The van der Waals surface area contributed by atoms with E-state index in [1.807, 2.05) is 10.9 Å². The Hall–Kier alpha value is -2.11. The van der Waals surface area contributed by atoms with Crippen molar-refractivity contribution < 1.29 is 13.9 Å². The summed E-state index contributed by atoms with van der Waals surface area (Å²) in [5.74, 6) is -1.28. The number of hydrogen-bond donors (Lipinski definition) is 1. The Morgan fingerprint density at radius 3 is 2.54 bits per heavy atom. The lowest BCUT2D eigenvalue weighted by atomic mass is 10.1. The molecule has 26 heavy (non-hydrogen) atoms. The van der Waals surface area contributed by atoms with Crippen LogP contribution < -0.4 is 0 Å². The van der Waals surface area contributed by atoms with E-state index in [-0.39, 0.29) is 12.3 Å². The number of nitrogens with one attached hydrogen (secondary N) is 1. The average molecular weight is 363 g/mol. The molecule has 0 saturated heterocycles. The van der Waals surface area contributed by atoms with Crippen molar-refractivity contribution in [2.45, 2.75) is 71.8 Å². The molecule has 0 bridgehead atoms. The van der Waals surface area contributed by atoms with E-state index in [4.69, 9.17) is 4.74 Å². The number of halogens is 1. The van der Waals surface area contributed by atoms with Crippen molar-refractivity contribution in [2.75, 3.05) is 6.61 Å². The maximum absolute atomic E-state index is 13.9. The third-order valence-corrected chi connectivity index (χ3v) is 4.43. The topological polar surface area (TPSA) is 59.9 Å². The van der Waals surface area contributed by atoms with Crippen LogP contribution in [0.4, 0.5) is 4.39 Å². The zero-order chi connectivity index (χ0) is 18.8. The summed E-state index contributed by atoms with van der Waals surface area (Å²) in [4.78, 5) is 14.5. The summed E-state index contributed by atoms with van der Waals surface area (Å²) in [6.45, 7) is 4.98. The predicted molar refractivity (Wildman–Crippen MR) is 101 cm³/mol. The van der Waals surface area contributed by atoms with Crippen molar-refractivity contribution in [3.63, 3.8) is 0 Å². The summed E-state index contributed by atoms with van der Waals surface area (Å²) in [5.41, 5.74) is 1.16. The van der Waals surface area contributed by atoms with Crippen molar-refractivity contribution in [2.24, 2.45) is 0 Å². The Kier molecular flexibility index (Phi) is 8.38. The minimum absolute atomic E-state index is 0.141. The standard InChI is InChI=1S/C20H30FN3O2/c1-3-5-6-7-8-9-10-11-12-24-15-16(14-22-24)18-13-17(21)19(23-18)20(25)26-4-2/h13-15,23H,3-12H2,1-2H3. The van der Waals surface area contributed by atoms with Crippen molar-refractivity contribution in [3.8, 4) is 11.3 Å². The maximum atomic E-state index is 13.9. The highest BCUT2D eigenvalue weighted by Gasteiger charge is 2.18. The minimum Gasteiger partial charge on any atom is -0.461 e. The van der Waals surface area contributed by atoms with Gasteiger partial charge in [-0.15, -0.1) is 0 Å². The normalized spacial score (nSPS) is 11.0. The lowest BCUT2D eigenvalue weighted by Crippen LogP contribution is -2.06. The summed E-state index contributed by atoms with van der Waals surface area (Å²) in [6.07, 6.45) is 13.7. The molecule has 2 aromatic rings. The number of rotatable bonds is 12. The van der Waals surface area contributed by atoms with Gasteiger partial charge in [0.25, 0.3) is 0 Å². The van der Waals surface area contributed by atoms with Gasteiger partial charge in [0.15, 0.2) is 11.5 Å². The van der Waals surface area contributed by atoms with Gasteiger partial charge in [-0.3, -0.25) is 4.68 Å². The highest BCUT2D eigenvalue weighted by Crippen LogP contribution is 2.21. The first kappa shape index (κ1) is 20.2. The summed E-state index contributed by atoms with van der Waals surface area (Å²) in [6, 6.07) is 1.31. The third-order valence-electron chi connectivity index (χ3n) is 4.43. The number of aromatic nitrogens is 3. The first-order valence-electron chi connectivity index (χ1n) is 9.74. The Bertz CT molecular complexity index is 678. The summed E-state index contributed by atoms with van der Waals surface area (Å²) in [5, 5.41) is 4.33.